The second-order valence-corrected chi connectivity index (χ2v) is 8.60. The van der Waals surface area contributed by atoms with E-state index < -0.39 is 5.97 Å². The number of amides is 1. The number of hydrogen-bond acceptors (Lipinski definition) is 4. The van der Waals surface area contributed by atoms with Crippen LogP contribution in [0.4, 0.5) is 0 Å². The molecular weight excluding hydrogens is 466 g/mol. The van der Waals surface area contributed by atoms with Gasteiger partial charge >= 0.3 is 5.97 Å². The molecule has 0 saturated heterocycles. The van der Waals surface area contributed by atoms with Gasteiger partial charge in [0.1, 0.15) is 11.7 Å². The van der Waals surface area contributed by atoms with Crippen molar-refractivity contribution in [2.24, 2.45) is 5.73 Å². The van der Waals surface area contributed by atoms with Crippen LogP contribution in [0.5, 0.6) is 0 Å². The van der Waals surface area contributed by atoms with Gasteiger partial charge in [-0.25, -0.2) is 4.98 Å². The number of carboxylic acids is 1. The molecule has 0 bridgehead atoms. The maximum absolute atomic E-state index is 13.6. The van der Waals surface area contributed by atoms with Gasteiger partial charge in [0.05, 0.1) is 36.1 Å². The Bertz CT molecular complexity index is 1580. The lowest BCUT2D eigenvalue weighted by Crippen LogP contribution is -2.32. The molecule has 8 nitrogen and oxygen atoms in total. The van der Waals surface area contributed by atoms with Crippen LogP contribution >= 0.6 is 0 Å². The van der Waals surface area contributed by atoms with Gasteiger partial charge in [0, 0.05) is 28.8 Å². The monoisotopic (exact) mass is 489 g/mol. The van der Waals surface area contributed by atoms with Crippen LogP contribution in [-0.4, -0.2) is 43.8 Å². The Morgan fingerprint density at radius 2 is 1.73 bits per heavy atom. The number of carbonyl (C=O) groups is 2. The lowest BCUT2D eigenvalue weighted by atomic mass is 10.1. The second-order valence-electron chi connectivity index (χ2n) is 8.60. The molecule has 2 heterocycles. The van der Waals surface area contributed by atoms with Gasteiger partial charge in [-0.2, -0.15) is 0 Å². The number of amidine groups is 1. The van der Waals surface area contributed by atoms with Gasteiger partial charge in [-0.1, -0.05) is 54.3 Å². The molecule has 1 amide bonds. The molecule has 0 fully saturated rings. The highest BCUT2D eigenvalue weighted by molar-refractivity contribution is 5.99. The Labute approximate surface area is 213 Å². The molecule has 8 heteroatoms. The number of nitrogens with one attached hydrogen (secondary N) is 1. The van der Waals surface area contributed by atoms with E-state index >= 15 is 0 Å². The van der Waals surface area contributed by atoms with Gasteiger partial charge in [-0.05, 0) is 30.3 Å². The third-order valence-corrected chi connectivity index (χ3v) is 6.13. The van der Waals surface area contributed by atoms with Gasteiger partial charge in [0.25, 0.3) is 5.91 Å². The second kappa shape index (κ2) is 9.84. The van der Waals surface area contributed by atoms with Crippen LogP contribution in [0, 0.1) is 17.3 Å². The van der Waals surface area contributed by atoms with Crippen molar-refractivity contribution in [3.63, 3.8) is 0 Å². The molecule has 0 spiro atoms. The third kappa shape index (κ3) is 4.83. The molecule has 1 aliphatic heterocycles. The van der Waals surface area contributed by atoms with E-state index in [1.54, 1.807) is 36.5 Å². The van der Waals surface area contributed by atoms with Crippen molar-refractivity contribution in [1.82, 2.24) is 14.5 Å². The van der Waals surface area contributed by atoms with Crippen molar-refractivity contribution in [3.8, 4) is 28.8 Å². The fraction of sp³-hybridized carbons (Fsp3) is 0.103. The minimum atomic E-state index is -0.971. The largest absolute Gasteiger partial charge is 0.481 e. The van der Waals surface area contributed by atoms with Crippen molar-refractivity contribution in [3.05, 3.63) is 107 Å². The summed E-state index contributed by atoms with van der Waals surface area (Å²) < 4.78 is 1.96. The molecule has 37 heavy (non-hydrogen) atoms. The van der Waals surface area contributed by atoms with Crippen LogP contribution in [0.3, 0.4) is 0 Å². The highest BCUT2D eigenvalue weighted by Crippen LogP contribution is 2.31. The van der Waals surface area contributed by atoms with Gasteiger partial charge < -0.3 is 15.7 Å². The van der Waals surface area contributed by atoms with Crippen LogP contribution < -0.4 is 5.73 Å². The average molecular weight is 490 g/mol. The summed E-state index contributed by atoms with van der Waals surface area (Å²) in [5.74, 6) is 5.59. The average Bonchev–Trinajstić information content (AvgIpc) is 3.28. The molecule has 5 rings (SSSR count). The highest BCUT2D eigenvalue weighted by atomic mass is 16.4. The summed E-state index contributed by atoms with van der Waals surface area (Å²) >= 11 is 0. The first kappa shape index (κ1) is 23.6. The lowest BCUT2D eigenvalue weighted by molar-refractivity contribution is -0.137. The fourth-order valence-corrected chi connectivity index (χ4v) is 4.26. The fourth-order valence-electron chi connectivity index (χ4n) is 4.26. The molecule has 0 radical (unpaired) electrons. The molecule has 0 unspecified atom stereocenters. The molecule has 1 aromatic heterocycles. The minimum Gasteiger partial charge on any atom is -0.481 e. The van der Waals surface area contributed by atoms with E-state index in [1.165, 1.54) is 4.90 Å². The number of fused-ring (bicyclic) bond motifs is 3. The lowest BCUT2D eigenvalue weighted by Gasteiger charge is -2.19. The van der Waals surface area contributed by atoms with Crippen molar-refractivity contribution in [1.29, 1.82) is 5.41 Å². The highest BCUT2D eigenvalue weighted by Gasteiger charge is 2.29. The smallest absolute Gasteiger partial charge is 0.305 e. The number of nitrogens with two attached hydrogens (primary N) is 1. The first-order valence-corrected chi connectivity index (χ1v) is 11.6. The Morgan fingerprint density at radius 3 is 2.43 bits per heavy atom. The van der Waals surface area contributed by atoms with E-state index in [9.17, 15) is 14.7 Å². The number of rotatable bonds is 5. The molecule has 1 aliphatic rings. The number of aromatic nitrogens is 2. The van der Waals surface area contributed by atoms with Crippen molar-refractivity contribution in [2.45, 2.75) is 13.0 Å². The molecule has 0 saturated carbocycles. The summed E-state index contributed by atoms with van der Waals surface area (Å²) in [6.07, 6.45) is 1.61. The standard InChI is InChI=1S/C29H23N5O3/c30-28(31)22-11-8-19(9-12-22)6-7-20-10-13-24-23(16-20)29(37)33(15-14-27(35)36)18-26-32-17-25(34(24)26)21-4-2-1-3-5-21/h1-5,8-13,16-17H,14-15,18H2,(H3,30,31)(H,35,36). The van der Waals surface area contributed by atoms with Gasteiger partial charge in [-0.3, -0.25) is 19.6 Å². The number of benzene rings is 3. The summed E-state index contributed by atoms with van der Waals surface area (Å²) in [7, 11) is 0. The van der Waals surface area contributed by atoms with Crippen molar-refractivity contribution in [2.75, 3.05) is 6.54 Å². The molecule has 4 N–H and O–H groups in total. The van der Waals surface area contributed by atoms with Crippen LogP contribution in [-0.2, 0) is 11.3 Å². The molecule has 182 valence electrons. The summed E-state index contributed by atoms with van der Waals surface area (Å²) in [5, 5.41) is 16.7. The predicted molar refractivity (Wildman–Crippen MR) is 139 cm³/mol. The van der Waals surface area contributed by atoms with Crippen molar-refractivity contribution >= 4 is 17.7 Å². The number of carboxylic acid groups (broad SMARTS) is 1. The first-order chi connectivity index (χ1) is 17.9. The first-order valence-electron chi connectivity index (χ1n) is 11.6. The zero-order valence-corrected chi connectivity index (χ0v) is 19.8. The zero-order valence-electron chi connectivity index (χ0n) is 19.8. The summed E-state index contributed by atoms with van der Waals surface area (Å²) in [4.78, 5) is 31.0. The van der Waals surface area contributed by atoms with Crippen LogP contribution in [0.15, 0.2) is 79.0 Å². The van der Waals surface area contributed by atoms with E-state index in [2.05, 4.69) is 16.8 Å². The Balaban J connectivity index is 1.58. The number of nitrogens with zero attached hydrogens (tertiary/aromatic N) is 3. The maximum Gasteiger partial charge on any atom is 0.305 e. The van der Waals surface area contributed by atoms with Gasteiger partial charge in [0.2, 0.25) is 0 Å². The molecule has 0 atom stereocenters. The van der Waals surface area contributed by atoms with Gasteiger partial charge in [0.15, 0.2) is 0 Å². The zero-order chi connectivity index (χ0) is 25.9. The maximum atomic E-state index is 13.6. The molecule has 3 aromatic carbocycles. The Hall–Kier alpha value is -5.16. The SMILES string of the molecule is N=C(N)c1ccc(C#Cc2ccc3c(c2)C(=O)N(CCC(=O)O)Cc2ncc(-c4ccccc4)n2-3)cc1. The van der Waals surface area contributed by atoms with Gasteiger partial charge in [-0.15, -0.1) is 0 Å². The molecule has 4 aromatic rings. The van der Waals surface area contributed by atoms with E-state index in [0.717, 1.165) is 16.8 Å². The number of nitrogen functional groups attached to an aromatic ring is 1. The number of carbonyl (C=O) groups excluding carboxylic acids is 1. The number of imidazole rings is 1. The number of aliphatic carboxylic acids is 1. The quantitative estimate of drug-likeness (QED) is 0.224. The van der Waals surface area contributed by atoms with Crippen LogP contribution in [0.25, 0.3) is 16.9 Å². The Morgan fingerprint density at radius 1 is 1.03 bits per heavy atom. The van der Waals surface area contributed by atoms with E-state index in [-0.39, 0.29) is 31.3 Å². The normalized spacial score (nSPS) is 12.1. The third-order valence-electron chi connectivity index (χ3n) is 6.13. The van der Waals surface area contributed by atoms with Crippen LogP contribution in [0.2, 0.25) is 0 Å². The number of hydrogen-bond donors (Lipinski definition) is 3. The van der Waals surface area contributed by atoms with E-state index in [1.807, 2.05) is 47.0 Å². The van der Waals surface area contributed by atoms with Crippen LogP contribution in [0.1, 0.15) is 39.3 Å². The predicted octanol–water partition coefficient (Wildman–Crippen LogP) is 3.65. The van der Waals surface area contributed by atoms with Crippen molar-refractivity contribution < 1.29 is 14.7 Å². The Kier molecular flexibility index (Phi) is 6.27. The summed E-state index contributed by atoms with van der Waals surface area (Å²) in [6, 6.07) is 22.3. The van der Waals surface area contributed by atoms with E-state index in [4.69, 9.17) is 11.1 Å². The minimum absolute atomic E-state index is 0.00929. The molecule has 0 aliphatic carbocycles. The topological polar surface area (TPSA) is 125 Å². The summed E-state index contributed by atoms with van der Waals surface area (Å²) in [5.41, 5.74) is 10.4. The molecular formula is C29H23N5O3. The van der Waals surface area contributed by atoms with E-state index in [0.29, 0.717) is 28.2 Å². The summed E-state index contributed by atoms with van der Waals surface area (Å²) in [6.45, 7) is 0.261.